The monoisotopic (exact) mass is 233 g/mol. The van der Waals surface area contributed by atoms with Crippen molar-refractivity contribution < 1.29 is 9.13 Å². The third-order valence-electron chi connectivity index (χ3n) is 2.41. The first-order valence-corrected chi connectivity index (χ1v) is 5.07. The number of ether oxygens (including phenoxy) is 1. The van der Waals surface area contributed by atoms with Gasteiger partial charge in [0.25, 0.3) is 0 Å². The molecule has 0 radical (unpaired) electrons. The van der Waals surface area contributed by atoms with Gasteiger partial charge in [0.05, 0.1) is 19.3 Å². The Morgan fingerprint density at radius 2 is 2.24 bits per heavy atom. The number of hydrogen-bond acceptors (Lipinski definition) is 4. The first-order valence-electron chi connectivity index (χ1n) is 5.07. The smallest absolute Gasteiger partial charge is 0.218 e. The molecule has 2 N–H and O–H groups in total. The summed E-state index contributed by atoms with van der Waals surface area (Å²) in [6.45, 7) is 0. The lowest BCUT2D eigenvalue weighted by Gasteiger charge is -2.14. The van der Waals surface area contributed by atoms with Crippen molar-refractivity contribution in [2.24, 2.45) is 5.73 Å². The van der Waals surface area contributed by atoms with Crippen LogP contribution in [0.2, 0.25) is 0 Å². The Morgan fingerprint density at radius 1 is 1.41 bits per heavy atom. The molecule has 4 nitrogen and oxygen atoms in total. The van der Waals surface area contributed by atoms with Gasteiger partial charge < -0.3 is 10.5 Å². The first kappa shape index (κ1) is 11.5. The van der Waals surface area contributed by atoms with Crippen LogP contribution in [0.25, 0.3) is 0 Å². The van der Waals surface area contributed by atoms with Gasteiger partial charge in [-0.25, -0.2) is 9.37 Å². The highest BCUT2D eigenvalue weighted by atomic mass is 19.1. The fourth-order valence-corrected chi connectivity index (χ4v) is 1.59. The van der Waals surface area contributed by atoms with E-state index in [1.54, 1.807) is 18.3 Å². The summed E-state index contributed by atoms with van der Waals surface area (Å²) in [7, 11) is 1.52. The molecule has 1 unspecified atom stereocenters. The molecule has 0 saturated heterocycles. The highest BCUT2D eigenvalue weighted by Gasteiger charge is 2.15. The van der Waals surface area contributed by atoms with Crippen molar-refractivity contribution in [2.45, 2.75) is 6.04 Å². The summed E-state index contributed by atoms with van der Waals surface area (Å²) in [4.78, 5) is 7.82. The van der Waals surface area contributed by atoms with Crippen LogP contribution in [0.4, 0.5) is 4.39 Å². The number of nitrogens with zero attached hydrogens (tertiary/aromatic N) is 2. The molecule has 88 valence electrons. The van der Waals surface area contributed by atoms with E-state index in [0.717, 1.165) is 6.20 Å². The van der Waals surface area contributed by atoms with Gasteiger partial charge in [-0.15, -0.1) is 0 Å². The molecule has 2 heterocycles. The van der Waals surface area contributed by atoms with Crippen molar-refractivity contribution in [3.63, 3.8) is 0 Å². The minimum Gasteiger partial charge on any atom is -0.481 e. The number of methoxy groups -OCH3 is 1. The topological polar surface area (TPSA) is 61.0 Å². The lowest BCUT2D eigenvalue weighted by molar-refractivity contribution is 0.390. The molecule has 0 aromatic carbocycles. The molecule has 2 aromatic rings. The van der Waals surface area contributed by atoms with Gasteiger partial charge in [-0.1, -0.05) is 6.07 Å². The molecule has 0 aliphatic heterocycles. The normalized spacial score (nSPS) is 12.2. The van der Waals surface area contributed by atoms with Crippen molar-refractivity contribution in [3.05, 3.63) is 53.7 Å². The van der Waals surface area contributed by atoms with Gasteiger partial charge in [0.15, 0.2) is 0 Å². The van der Waals surface area contributed by atoms with E-state index in [1.165, 1.54) is 19.4 Å². The fourth-order valence-electron chi connectivity index (χ4n) is 1.59. The van der Waals surface area contributed by atoms with E-state index >= 15 is 0 Å². The summed E-state index contributed by atoms with van der Waals surface area (Å²) in [5.74, 6) is 0.0186. The van der Waals surface area contributed by atoms with Gasteiger partial charge in [0.1, 0.15) is 5.82 Å². The van der Waals surface area contributed by atoms with Crippen molar-refractivity contribution in [1.82, 2.24) is 9.97 Å². The summed E-state index contributed by atoms with van der Waals surface area (Å²) in [5.41, 5.74) is 7.31. The summed E-state index contributed by atoms with van der Waals surface area (Å²) in [6.07, 6.45) is 4.27. The molecule has 0 bridgehead atoms. The van der Waals surface area contributed by atoms with Crippen LogP contribution in [0.5, 0.6) is 5.88 Å². The molecule has 0 spiro atoms. The predicted octanol–water partition coefficient (Wildman–Crippen LogP) is 1.67. The van der Waals surface area contributed by atoms with Crippen LogP contribution in [0.3, 0.4) is 0 Å². The number of hydrogen-bond donors (Lipinski definition) is 1. The molecular formula is C12H12FN3O. The van der Waals surface area contributed by atoms with E-state index in [9.17, 15) is 4.39 Å². The third-order valence-corrected chi connectivity index (χ3v) is 2.41. The van der Waals surface area contributed by atoms with E-state index in [2.05, 4.69) is 9.97 Å². The molecule has 17 heavy (non-hydrogen) atoms. The number of halogens is 1. The molecule has 0 fully saturated rings. The Labute approximate surface area is 98.3 Å². The van der Waals surface area contributed by atoms with Gasteiger partial charge in [0.2, 0.25) is 5.88 Å². The van der Waals surface area contributed by atoms with Gasteiger partial charge in [-0.3, -0.25) is 4.98 Å². The summed E-state index contributed by atoms with van der Waals surface area (Å²) >= 11 is 0. The zero-order chi connectivity index (χ0) is 12.3. The Balaban J connectivity index is 2.40. The zero-order valence-electron chi connectivity index (χ0n) is 9.30. The van der Waals surface area contributed by atoms with Crippen LogP contribution in [-0.2, 0) is 0 Å². The molecule has 2 aromatic heterocycles. The van der Waals surface area contributed by atoms with Crippen LogP contribution in [0.15, 0.2) is 36.8 Å². The minimum atomic E-state index is -0.512. The molecule has 1 atom stereocenters. The molecule has 2 rings (SSSR count). The maximum absolute atomic E-state index is 13.1. The minimum absolute atomic E-state index is 0.416. The SMILES string of the molecule is COc1ncccc1C(N)c1cncc(F)c1. The van der Waals surface area contributed by atoms with Crippen LogP contribution in [0.1, 0.15) is 17.2 Å². The van der Waals surface area contributed by atoms with Crippen molar-refractivity contribution in [3.8, 4) is 5.88 Å². The van der Waals surface area contributed by atoms with Crippen LogP contribution in [0, 0.1) is 5.82 Å². The maximum atomic E-state index is 13.1. The summed E-state index contributed by atoms with van der Waals surface area (Å²) in [6, 6.07) is 4.39. The zero-order valence-corrected chi connectivity index (χ0v) is 9.30. The Bertz CT molecular complexity index is 519. The van der Waals surface area contributed by atoms with Gasteiger partial charge in [-0.05, 0) is 17.7 Å². The lowest BCUT2D eigenvalue weighted by Crippen LogP contribution is -2.14. The molecule has 0 aliphatic rings. The summed E-state index contributed by atoms with van der Waals surface area (Å²) < 4.78 is 18.2. The number of nitrogens with two attached hydrogens (primary N) is 1. The van der Waals surface area contributed by atoms with E-state index in [0.29, 0.717) is 17.0 Å². The van der Waals surface area contributed by atoms with Crippen molar-refractivity contribution >= 4 is 0 Å². The number of pyridine rings is 2. The maximum Gasteiger partial charge on any atom is 0.218 e. The second-order valence-electron chi connectivity index (χ2n) is 3.52. The van der Waals surface area contributed by atoms with Crippen molar-refractivity contribution in [1.29, 1.82) is 0 Å². The summed E-state index contributed by atoms with van der Waals surface area (Å²) in [5, 5.41) is 0. The number of aromatic nitrogens is 2. The Hall–Kier alpha value is -2.01. The Kier molecular flexibility index (Phi) is 3.30. The fraction of sp³-hybridized carbons (Fsp3) is 0.167. The van der Waals surface area contributed by atoms with Gasteiger partial charge >= 0.3 is 0 Å². The molecular weight excluding hydrogens is 221 g/mol. The largest absolute Gasteiger partial charge is 0.481 e. The predicted molar refractivity (Wildman–Crippen MR) is 61.0 cm³/mol. The van der Waals surface area contributed by atoms with Crippen LogP contribution in [-0.4, -0.2) is 17.1 Å². The van der Waals surface area contributed by atoms with E-state index in [1.807, 2.05) is 0 Å². The van der Waals surface area contributed by atoms with E-state index in [-0.39, 0.29) is 0 Å². The highest BCUT2D eigenvalue weighted by Crippen LogP contribution is 2.25. The van der Waals surface area contributed by atoms with Crippen molar-refractivity contribution in [2.75, 3.05) is 7.11 Å². The molecule has 0 aliphatic carbocycles. The quantitative estimate of drug-likeness (QED) is 0.876. The van der Waals surface area contributed by atoms with E-state index < -0.39 is 11.9 Å². The van der Waals surface area contributed by atoms with Crippen LogP contribution < -0.4 is 10.5 Å². The molecule has 0 amide bonds. The average molecular weight is 233 g/mol. The second kappa shape index (κ2) is 4.88. The first-order chi connectivity index (χ1) is 8.22. The van der Waals surface area contributed by atoms with Crippen LogP contribution >= 0.6 is 0 Å². The highest BCUT2D eigenvalue weighted by molar-refractivity contribution is 5.35. The standard InChI is InChI=1S/C12H12FN3O/c1-17-12-10(3-2-4-16-12)11(14)8-5-9(13)7-15-6-8/h2-7,11H,14H2,1H3. The second-order valence-corrected chi connectivity index (χ2v) is 3.52. The lowest BCUT2D eigenvalue weighted by atomic mass is 10.0. The number of rotatable bonds is 3. The Morgan fingerprint density at radius 3 is 2.94 bits per heavy atom. The van der Waals surface area contributed by atoms with Gasteiger partial charge in [0, 0.05) is 18.0 Å². The third kappa shape index (κ3) is 2.39. The average Bonchev–Trinajstić information content (AvgIpc) is 2.38. The van der Waals surface area contributed by atoms with Gasteiger partial charge in [-0.2, -0.15) is 0 Å². The molecule has 0 saturated carbocycles. The molecule has 5 heteroatoms. The van der Waals surface area contributed by atoms with E-state index in [4.69, 9.17) is 10.5 Å².